The van der Waals surface area contributed by atoms with E-state index >= 15 is 0 Å². The van der Waals surface area contributed by atoms with Crippen molar-refractivity contribution in [1.29, 1.82) is 0 Å². The van der Waals surface area contributed by atoms with Gasteiger partial charge in [0, 0.05) is 5.69 Å². The summed E-state index contributed by atoms with van der Waals surface area (Å²) in [5.74, 6) is -1.46. The van der Waals surface area contributed by atoms with Crippen LogP contribution in [0.5, 0.6) is 0 Å². The van der Waals surface area contributed by atoms with Crippen LogP contribution in [0, 0.1) is 13.8 Å². The van der Waals surface area contributed by atoms with Crippen LogP contribution in [0.15, 0.2) is 17.5 Å². The zero-order valence-electron chi connectivity index (χ0n) is 13.3. The molecule has 0 radical (unpaired) electrons. The molecule has 6 nitrogen and oxygen atoms in total. The first kappa shape index (κ1) is 17.0. The number of ketones is 1. The van der Waals surface area contributed by atoms with E-state index in [1.807, 2.05) is 0 Å². The van der Waals surface area contributed by atoms with Crippen LogP contribution in [0.2, 0.25) is 0 Å². The number of thiophene rings is 1. The summed E-state index contributed by atoms with van der Waals surface area (Å²) in [5.41, 5.74) is 1.59. The molecule has 2 aromatic heterocycles. The van der Waals surface area contributed by atoms with Crippen LogP contribution >= 0.6 is 11.3 Å². The molecule has 0 aliphatic rings. The minimum atomic E-state index is -0.966. The Hall–Kier alpha value is -2.41. The second-order valence-electron chi connectivity index (χ2n) is 5.01. The Bertz CT molecular complexity index is 745. The van der Waals surface area contributed by atoms with E-state index in [9.17, 15) is 14.4 Å². The quantitative estimate of drug-likeness (QED) is 0.671. The predicted octanol–water partition coefficient (Wildman–Crippen LogP) is 2.91. The molecule has 2 heterocycles. The van der Waals surface area contributed by atoms with Gasteiger partial charge in [0.05, 0.1) is 18.4 Å². The molecule has 0 aromatic carbocycles. The number of esters is 2. The first-order valence-corrected chi connectivity index (χ1v) is 7.81. The lowest BCUT2D eigenvalue weighted by Gasteiger charge is -2.11. The summed E-state index contributed by atoms with van der Waals surface area (Å²) >= 11 is 1.24. The second kappa shape index (κ2) is 6.78. The van der Waals surface area contributed by atoms with Gasteiger partial charge < -0.3 is 14.5 Å². The smallest absolute Gasteiger partial charge is 0.349 e. The Morgan fingerprint density at radius 2 is 1.91 bits per heavy atom. The molecule has 0 unspecified atom stereocenters. The molecule has 122 valence electrons. The Morgan fingerprint density at radius 1 is 1.22 bits per heavy atom. The van der Waals surface area contributed by atoms with E-state index in [2.05, 4.69) is 4.98 Å². The number of hydrogen-bond acceptors (Lipinski definition) is 6. The van der Waals surface area contributed by atoms with Crippen molar-refractivity contribution >= 4 is 29.1 Å². The molecule has 0 bridgehead atoms. The third kappa shape index (κ3) is 3.34. The monoisotopic (exact) mass is 335 g/mol. The van der Waals surface area contributed by atoms with Crippen molar-refractivity contribution in [2.75, 3.05) is 7.11 Å². The fourth-order valence-corrected chi connectivity index (χ4v) is 2.88. The highest BCUT2D eigenvalue weighted by Gasteiger charge is 2.27. The highest BCUT2D eigenvalue weighted by Crippen LogP contribution is 2.21. The summed E-state index contributed by atoms with van der Waals surface area (Å²) in [6.07, 6.45) is -0.966. The number of ether oxygens (including phenoxy) is 2. The van der Waals surface area contributed by atoms with Crippen molar-refractivity contribution < 1.29 is 23.9 Å². The fourth-order valence-electron chi connectivity index (χ4n) is 2.27. The molecule has 7 heteroatoms. The van der Waals surface area contributed by atoms with Gasteiger partial charge in [0.15, 0.2) is 6.10 Å². The molecule has 0 amide bonds. The number of aryl methyl sites for hydroxylation is 1. The number of carbonyl (C=O) groups is 3. The number of carbonyl (C=O) groups excluding carboxylic acids is 3. The number of aromatic nitrogens is 1. The van der Waals surface area contributed by atoms with Crippen molar-refractivity contribution in [1.82, 2.24) is 4.98 Å². The van der Waals surface area contributed by atoms with Gasteiger partial charge in [-0.05, 0) is 37.8 Å². The average Bonchev–Trinajstić information content (AvgIpc) is 3.14. The van der Waals surface area contributed by atoms with E-state index in [0.717, 1.165) is 0 Å². The molecule has 23 heavy (non-hydrogen) atoms. The summed E-state index contributed by atoms with van der Waals surface area (Å²) in [4.78, 5) is 39.5. The summed E-state index contributed by atoms with van der Waals surface area (Å²) in [6.45, 7) is 4.83. The van der Waals surface area contributed by atoms with Gasteiger partial charge in [-0.15, -0.1) is 11.3 Å². The van der Waals surface area contributed by atoms with Crippen LogP contribution in [0.3, 0.4) is 0 Å². The standard InChI is InChI=1S/C16H17NO5S/c1-8-12(16(20)21-4)9(2)17-13(8)14(18)10(3)22-15(19)11-6-5-7-23-11/h5-7,10,17H,1-4H3/t10-/m0/s1. The van der Waals surface area contributed by atoms with E-state index in [1.54, 1.807) is 31.4 Å². The molecule has 1 atom stereocenters. The maximum atomic E-state index is 12.5. The molecule has 0 spiro atoms. The average molecular weight is 335 g/mol. The number of rotatable bonds is 5. The predicted molar refractivity (Wildman–Crippen MR) is 85.1 cm³/mol. The molecule has 2 aromatic rings. The summed E-state index contributed by atoms with van der Waals surface area (Å²) in [5, 5.41) is 1.75. The van der Waals surface area contributed by atoms with Crippen molar-refractivity contribution in [3.8, 4) is 0 Å². The third-order valence-electron chi connectivity index (χ3n) is 3.45. The second-order valence-corrected chi connectivity index (χ2v) is 5.95. The number of nitrogens with one attached hydrogen (secondary N) is 1. The van der Waals surface area contributed by atoms with Crippen LogP contribution in [0.1, 0.15) is 48.7 Å². The van der Waals surface area contributed by atoms with Crippen molar-refractivity contribution in [3.05, 3.63) is 44.9 Å². The van der Waals surface area contributed by atoms with Crippen LogP contribution < -0.4 is 0 Å². The molecule has 0 saturated heterocycles. The Labute approximate surface area is 137 Å². The Kier molecular flexibility index (Phi) is 5.00. The van der Waals surface area contributed by atoms with Gasteiger partial charge in [0.25, 0.3) is 0 Å². The number of Topliss-reactive ketones (excluding diaryl/α,β-unsaturated/α-hetero) is 1. The largest absolute Gasteiger partial charge is 0.465 e. The molecular weight excluding hydrogens is 318 g/mol. The molecule has 0 fully saturated rings. The number of H-pyrrole nitrogens is 1. The van der Waals surface area contributed by atoms with Crippen molar-refractivity contribution in [3.63, 3.8) is 0 Å². The van der Waals surface area contributed by atoms with Crippen LogP contribution in [0.25, 0.3) is 0 Å². The van der Waals surface area contributed by atoms with Crippen LogP contribution in [0.4, 0.5) is 0 Å². The lowest BCUT2D eigenvalue weighted by molar-refractivity contribution is 0.0321. The normalized spacial score (nSPS) is 11.8. The van der Waals surface area contributed by atoms with Crippen LogP contribution in [-0.4, -0.2) is 35.9 Å². The van der Waals surface area contributed by atoms with Crippen molar-refractivity contribution in [2.24, 2.45) is 0 Å². The first-order valence-electron chi connectivity index (χ1n) is 6.93. The highest BCUT2D eigenvalue weighted by molar-refractivity contribution is 7.11. The molecule has 2 rings (SSSR count). The van der Waals surface area contributed by atoms with Gasteiger partial charge in [-0.2, -0.15) is 0 Å². The van der Waals surface area contributed by atoms with Gasteiger partial charge in [-0.1, -0.05) is 6.07 Å². The molecule has 0 saturated carbocycles. The highest BCUT2D eigenvalue weighted by atomic mass is 32.1. The topological polar surface area (TPSA) is 85.5 Å². The van der Waals surface area contributed by atoms with Gasteiger partial charge in [0.1, 0.15) is 4.88 Å². The Morgan fingerprint density at radius 3 is 2.48 bits per heavy atom. The molecular formula is C16H17NO5S. The fraction of sp³-hybridized carbons (Fsp3) is 0.312. The summed E-state index contributed by atoms with van der Waals surface area (Å²) < 4.78 is 9.90. The van der Waals surface area contributed by atoms with E-state index in [-0.39, 0.29) is 5.69 Å². The van der Waals surface area contributed by atoms with Gasteiger partial charge in [-0.3, -0.25) is 4.79 Å². The molecule has 0 aliphatic carbocycles. The lowest BCUT2D eigenvalue weighted by Crippen LogP contribution is -2.25. The minimum Gasteiger partial charge on any atom is -0.465 e. The zero-order chi connectivity index (χ0) is 17.1. The van der Waals surface area contributed by atoms with E-state index in [1.165, 1.54) is 25.4 Å². The first-order chi connectivity index (χ1) is 10.9. The lowest BCUT2D eigenvalue weighted by atomic mass is 10.1. The van der Waals surface area contributed by atoms with Gasteiger partial charge in [-0.25, -0.2) is 9.59 Å². The molecule has 1 N–H and O–H groups in total. The van der Waals surface area contributed by atoms with E-state index in [0.29, 0.717) is 21.7 Å². The van der Waals surface area contributed by atoms with E-state index < -0.39 is 23.8 Å². The number of hydrogen-bond donors (Lipinski definition) is 1. The maximum absolute atomic E-state index is 12.5. The van der Waals surface area contributed by atoms with Gasteiger partial charge >= 0.3 is 11.9 Å². The van der Waals surface area contributed by atoms with Crippen molar-refractivity contribution in [2.45, 2.75) is 26.9 Å². The summed E-state index contributed by atoms with van der Waals surface area (Å²) in [7, 11) is 1.28. The van der Waals surface area contributed by atoms with Gasteiger partial charge in [0.2, 0.25) is 5.78 Å². The zero-order valence-corrected chi connectivity index (χ0v) is 14.1. The van der Waals surface area contributed by atoms with Crippen LogP contribution in [-0.2, 0) is 9.47 Å². The summed E-state index contributed by atoms with van der Waals surface area (Å²) in [6, 6.07) is 3.36. The SMILES string of the molecule is COC(=O)c1c(C)[nH]c(C(=O)[C@H](C)OC(=O)c2cccs2)c1C. The third-order valence-corrected chi connectivity index (χ3v) is 4.30. The minimum absolute atomic E-state index is 0.245. The maximum Gasteiger partial charge on any atom is 0.349 e. The molecule has 0 aliphatic heterocycles. The number of aromatic amines is 1. The Balaban J connectivity index is 2.20. The number of methoxy groups -OCH3 is 1. The van der Waals surface area contributed by atoms with E-state index in [4.69, 9.17) is 9.47 Å².